The average Bonchev–Trinajstić information content (AvgIpc) is 3.71. The van der Waals surface area contributed by atoms with Gasteiger partial charge in [-0.2, -0.15) is 5.10 Å². The lowest BCUT2D eigenvalue weighted by atomic mass is 9.98. The number of halogens is 3. The van der Waals surface area contributed by atoms with Crippen molar-refractivity contribution in [2.45, 2.75) is 32.4 Å². The van der Waals surface area contributed by atoms with E-state index in [0.717, 1.165) is 39.5 Å². The van der Waals surface area contributed by atoms with E-state index in [1.54, 1.807) is 24.3 Å². The van der Waals surface area contributed by atoms with Gasteiger partial charge in [-0.05, 0) is 72.4 Å². The first-order valence-electron chi connectivity index (χ1n) is 14.7. The number of carboxylic acid groups (broad SMARTS) is 1. The van der Waals surface area contributed by atoms with E-state index in [0.29, 0.717) is 18.4 Å². The molecule has 5 aromatic rings. The zero-order valence-corrected chi connectivity index (χ0v) is 26.1. The van der Waals surface area contributed by atoms with Crippen LogP contribution in [0.1, 0.15) is 76.4 Å². The SMILES string of the molecule is COC(=O)c1ccc2c(c1C)CC[C@@H]2NC(=O)c1cc(C(=O)NCc2ccc(F)c(F)c2)nc2c(C(=O)O)cnn12.Nc1ccccc1F. The Morgan fingerprint density at radius 2 is 1.73 bits per heavy atom. The molecule has 5 N–H and O–H groups in total. The molecule has 0 radical (unpaired) electrons. The van der Waals surface area contributed by atoms with Gasteiger partial charge in [-0.3, -0.25) is 9.59 Å². The van der Waals surface area contributed by atoms with Crippen molar-refractivity contribution in [3.63, 3.8) is 0 Å². The zero-order chi connectivity index (χ0) is 35.4. The second kappa shape index (κ2) is 14.3. The number of nitrogens with one attached hydrogen (secondary N) is 2. The number of benzene rings is 3. The summed E-state index contributed by atoms with van der Waals surface area (Å²) in [7, 11) is 1.30. The molecule has 1 aliphatic rings. The number of rotatable bonds is 7. The van der Waals surface area contributed by atoms with Crippen molar-refractivity contribution < 1.29 is 42.2 Å². The van der Waals surface area contributed by atoms with Crippen LogP contribution < -0.4 is 16.4 Å². The van der Waals surface area contributed by atoms with Crippen LogP contribution in [0.5, 0.6) is 0 Å². The summed E-state index contributed by atoms with van der Waals surface area (Å²) in [5.41, 5.74) is 7.58. The van der Waals surface area contributed by atoms with Crippen molar-refractivity contribution in [3.05, 3.63) is 129 Å². The summed E-state index contributed by atoms with van der Waals surface area (Å²) < 4.78 is 44.8. The second-order valence-corrected chi connectivity index (χ2v) is 10.9. The summed E-state index contributed by atoms with van der Waals surface area (Å²) in [6, 6.07) is 13.4. The summed E-state index contributed by atoms with van der Waals surface area (Å²) in [6.45, 7) is 1.63. The van der Waals surface area contributed by atoms with Crippen LogP contribution in [0.3, 0.4) is 0 Å². The molecule has 0 fully saturated rings. The quantitative estimate of drug-likeness (QED) is 0.142. The molecule has 49 heavy (non-hydrogen) atoms. The Hall–Kier alpha value is -6.25. The van der Waals surface area contributed by atoms with Crippen LogP contribution in [0.25, 0.3) is 5.65 Å². The van der Waals surface area contributed by atoms with Gasteiger partial charge < -0.3 is 26.2 Å². The first kappa shape index (κ1) is 34.1. The molecule has 0 bridgehead atoms. The van der Waals surface area contributed by atoms with E-state index >= 15 is 0 Å². The number of amides is 2. The van der Waals surface area contributed by atoms with Crippen molar-refractivity contribution in [1.82, 2.24) is 25.2 Å². The smallest absolute Gasteiger partial charge is 0.341 e. The Kier molecular flexibility index (Phi) is 9.92. The average molecular weight is 675 g/mol. The molecule has 1 atom stereocenters. The highest BCUT2D eigenvalue weighted by atomic mass is 19.2. The van der Waals surface area contributed by atoms with Gasteiger partial charge in [0, 0.05) is 12.6 Å². The minimum Gasteiger partial charge on any atom is -0.477 e. The van der Waals surface area contributed by atoms with E-state index in [1.807, 2.05) is 6.92 Å². The molecule has 12 nitrogen and oxygen atoms in total. The fourth-order valence-electron chi connectivity index (χ4n) is 5.38. The number of nitrogen functional groups attached to an aromatic ring is 1. The van der Waals surface area contributed by atoms with Gasteiger partial charge in [-0.1, -0.05) is 24.3 Å². The minimum absolute atomic E-state index is 0.142. The number of fused-ring (bicyclic) bond motifs is 2. The third-order valence-electron chi connectivity index (χ3n) is 7.91. The molecule has 2 aromatic heterocycles. The number of anilines is 1. The van der Waals surface area contributed by atoms with Crippen LogP contribution >= 0.6 is 0 Å². The molecule has 15 heteroatoms. The van der Waals surface area contributed by atoms with Gasteiger partial charge in [0.2, 0.25) is 0 Å². The van der Waals surface area contributed by atoms with E-state index in [1.165, 1.54) is 31.4 Å². The van der Waals surface area contributed by atoms with Crippen LogP contribution in [0.4, 0.5) is 18.9 Å². The highest BCUT2D eigenvalue weighted by Crippen LogP contribution is 2.35. The van der Waals surface area contributed by atoms with Crippen molar-refractivity contribution in [2.24, 2.45) is 0 Å². The maximum atomic E-state index is 13.6. The zero-order valence-electron chi connectivity index (χ0n) is 26.1. The standard InChI is InChI=1S/C28H23F2N5O6.C6H6FN/c1-13-15-6-8-21(17(15)5-4-16(13)28(40)41-2)34-26(37)23-10-22(33-24-18(27(38)39)12-32-35(23)24)25(36)31-11-14-3-7-19(29)20(30)9-14;7-5-3-1-2-4-6(5)8/h3-5,7,9-10,12,21H,6,8,11H2,1-2H3,(H,31,36)(H,34,37)(H,38,39);1-4H,8H2/t21-;/m0./s1. The van der Waals surface area contributed by atoms with Crippen LogP contribution in [0, 0.1) is 24.4 Å². The first-order chi connectivity index (χ1) is 23.4. The van der Waals surface area contributed by atoms with Crippen LogP contribution in [-0.4, -0.2) is 50.6 Å². The predicted octanol–water partition coefficient (Wildman–Crippen LogP) is 4.56. The van der Waals surface area contributed by atoms with E-state index < -0.39 is 41.4 Å². The number of methoxy groups -OCH3 is 1. The van der Waals surface area contributed by atoms with E-state index in [-0.39, 0.29) is 46.2 Å². The summed E-state index contributed by atoms with van der Waals surface area (Å²) in [4.78, 5) is 54.4. The van der Waals surface area contributed by atoms with Crippen LogP contribution in [-0.2, 0) is 17.7 Å². The van der Waals surface area contributed by atoms with Crippen LogP contribution in [0.2, 0.25) is 0 Å². The topological polar surface area (TPSA) is 178 Å². The molecule has 3 aromatic carbocycles. The molecule has 2 amide bonds. The summed E-state index contributed by atoms with van der Waals surface area (Å²) in [5.74, 6) is -5.70. The van der Waals surface area contributed by atoms with Crippen molar-refractivity contribution in [2.75, 3.05) is 12.8 Å². The molecule has 252 valence electrons. The van der Waals surface area contributed by atoms with Gasteiger partial charge in [0.15, 0.2) is 17.3 Å². The first-order valence-corrected chi connectivity index (χ1v) is 14.7. The third kappa shape index (κ3) is 7.20. The Bertz CT molecular complexity index is 2100. The summed E-state index contributed by atoms with van der Waals surface area (Å²) >= 11 is 0. The molecule has 1 aliphatic carbocycles. The van der Waals surface area contributed by atoms with Gasteiger partial charge in [0.25, 0.3) is 11.8 Å². The molecular formula is C34H29F3N6O6. The van der Waals surface area contributed by atoms with Crippen molar-refractivity contribution in [1.29, 1.82) is 0 Å². The van der Waals surface area contributed by atoms with E-state index in [4.69, 9.17) is 10.5 Å². The molecule has 0 spiro atoms. The second-order valence-electron chi connectivity index (χ2n) is 10.9. The highest BCUT2D eigenvalue weighted by molar-refractivity contribution is 6.01. The molecule has 0 unspecified atom stereocenters. The van der Waals surface area contributed by atoms with Crippen molar-refractivity contribution in [3.8, 4) is 0 Å². The fraction of sp³-hybridized carbons (Fsp3) is 0.176. The number of para-hydroxylation sites is 1. The molecular weight excluding hydrogens is 645 g/mol. The summed E-state index contributed by atoms with van der Waals surface area (Å²) in [6.07, 6.45) is 2.17. The lowest BCUT2D eigenvalue weighted by Gasteiger charge is -2.16. The summed E-state index contributed by atoms with van der Waals surface area (Å²) in [5, 5.41) is 19.0. The largest absolute Gasteiger partial charge is 0.477 e. The number of nitrogens with zero attached hydrogens (tertiary/aromatic N) is 3. The van der Waals surface area contributed by atoms with Crippen LogP contribution in [0.15, 0.2) is 66.9 Å². The highest BCUT2D eigenvalue weighted by Gasteiger charge is 2.29. The molecule has 0 aliphatic heterocycles. The number of nitrogens with two attached hydrogens (primary N) is 1. The number of carbonyl (C=O) groups is 4. The molecule has 0 saturated carbocycles. The Morgan fingerprint density at radius 1 is 0.980 bits per heavy atom. The number of aromatic carboxylic acids is 1. The predicted molar refractivity (Wildman–Crippen MR) is 169 cm³/mol. The maximum Gasteiger partial charge on any atom is 0.341 e. The van der Waals surface area contributed by atoms with Gasteiger partial charge in [-0.25, -0.2) is 32.3 Å². The minimum atomic E-state index is -1.36. The van der Waals surface area contributed by atoms with E-state index in [2.05, 4.69) is 20.7 Å². The van der Waals surface area contributed by atoms with Gasteiger partial charge in [-0.15, -0.1) is 0 Å². The number of hydrogen-bond donors (Lipinski definition) is 4. The number of hydrogen-bond acceptors (Lipinski definition) is 8. The molecule has 0 saturated heterocycles. The van der Waals surface area contributed by atoms with Crippen molar-refractivity contribution >= 4 is 35.1 Å². The molecule has 6 rings (SSSR count). The monoisotopic (exact) mass is 674 g/mol. The Labute approximate surface area is 276 Å². The fourth-order valence-corrected chi connectivity index (χ4v) is 5.38. The van der Waals surface area contributed by atoms with Gasteiger partial charge >= 0.3 is 11.9 Å². The van der Waals surface area contributed by atoms with E-state index in [9.17, 15) is 37.5 Å². The molecule has 2 heterocycles. The number of carboxylic acids is 1. The number of carbonyl (C=O) groups excluding carboxylic acids is 3. The van der Waals surface area contributed by atoms with Gasteiger partial charge in [0.1, 0.15) is 22.8 Å². The van der Waals surface area contributed by atoms with Gasteiger partial charge in [0.05, 0.1) is 30.6 Å². The lowest BCUT2D eigenvalue weighted by molar-refractivity contribution is 0.0598. The third-order valence-corrected chi connectivity index (χ3v) is 7.91. The lowest BCUT2D eigenvalue weighted by Crippen LogP contribution is -2.31. The Balaban J connectivity index is 0.000000514. The maximum absolute atomic E-state index is 13.6. The normalized spacial score (nSPS) is 13.2. The Morgan fingerprint density at radius 3 is 2.39 bits per heavy atom. The number of aromatic nitrogens is 3. The number of ether oxygens (including phenoxy) is 1. The number of esters is 1.